The van der Waals surface area contributed by atoms with Gasteiger partial charge in [-0.05, 0) is 12.3 Å². The fourth-order valence-corrected chi connectivity index (χ4v) is 0.452. The van der Waals surface area contributed by atoms with Crippen molar-refractivity contribution in [3.63, 3.8) is 0 Å². The van der Waals surface area contributed by atoms with Crippen LogP contribution >= 0.6 is 0 Å². The molecule has 0 bridgehead atoms. The predicted molar refractivity (Wildman–Crippen MR) is 42.7 cm³/mol. The molecule has 0 aromatic rings. The lowest BCUT2D eigenvalue weighted by molar-refractivity contribution is -0.120. The maximum absolute atomic E-state index is 10.7. The van der Waals surface area contributed by atoms with E-state index in [1.165, 1.54) is 6.92 Å². The third kappa shape index (κ3) is 3.49. The Kier molecular flexibility index (Phi) is 2.30. The molecule has 0 unspecified atom stereocenters. The van der Waals surface area contributed by atoms with Gasteiger partial charge in [-0.2, -0.15) is 0 Å². The molecule has 1 atom stereocenters. The highest BCUT2D eigenvalue weighted by molar-refractivity contribution is 5.73. The minimum atomic E-state index is -0.890. The summed E-state index contributed by atoms with van der Waals surface area (Å²) in [5.74, 6) is -0.155. The van der Waals surface area contributed by atoms with E-state index in [1.54, 1.807) is 6.92 Å². The van der Waals surface area contributed by atoms with E-state index in [9.17, 15) is 4.79 Å². The standard InChI is InChI=1S/C8H17NO/c1-6(8(3,4)5)9-7(2)10/h6H,1-5H3,(H,9,10)/t6-/m0/s1/i6D. The number of nitrogens with one attached hydrogen (secondary N) is 1. The van der Waals surface area contributed by atoms with Crippen LogP contribution < -0.4 is 5.32 Å². The van der Waals surface area contributed by atoms with Crippen molar-refractivity contribution in [3.05, 3.63) is 0 Å². The molecule has 0 aliphatic rings. The van der Waals surface area contributed by atoms with Crippen LogP contribution in [0.5, 0.6) is 0 Å². The Morgan fingerprint density at radius 1 is 1.60 bits per heavy atom. The zero-order valence-electron chi connectivity index (χ0n) is 8.41. The molecule has 60 valence electrons. The number of amides is 1. The second-order valence-corrected chi connectivity index (χ2v) is 3.56. The monoisotopic (exact) mass is 144 g/mol. The van der Waals surface area contributed by atoms with Crippen LogP contribution in [0.3, 0.4) is 0 Å². The Morgan fingerprint density at radius 3 is 2.10 bits per heavy atom. The summed E-state index contributed by atoms with van der Waals surface area (Å²) in [5.41, 5.74) is -0.237. The van der Waals surface area contributed by atoms with Gasteiger partial charge in [-0.3, -0.25) is 4.79 Å². The summed E-state index contributed by atoms with van der Waals surface area (Å²) in [6.07, 6.45) is 0. The fraction of sp³-hybridized carbons (Fsp3) is 0.875. The normalized spacial score (nSPS) is 19.1. The lowest BCUT2D eigenvalue weighted by atomic mass is 9.88. The third-order valence-corrected chi connectivity index (χ3v) is 1.49. The van der Waals surface area contributed by atoms with Crippen LogP contribution in [0.15, 0.2) is 0 Å². The van der Waals surface area contributed by atoms with Gasteiger partial charge in [-0.1, -0.05) is 20.8 Å². The van der Waals surface area contributed by atoms with Gasteiger partial charge >= 0.3 is 0 Å². The van der Waals surface area contributed by atoms with E-state index in [0.29, 0.717) is 0 Å². The maximum Gasteiger partial charge on any atom is 0.217 e. The number of carbonyl (C=O) groups excluding carboxylic acids is 1. The molecule has 0 spiro atoms. The van der Waals surface area contributed by atoms with Gasteiger partial charge in [0, 0.05) is 12.9 Å². The molecule has 0 aliphatic heterocycles. The molecule has 0 saturated heterocycles. The lowest BCUT2D eigenvalue weighted by Gasteiger charge is -2.27. The van der Waals surface area contributed by atoms with Crippen molar-refractivity contribution in [2.75, 3.05) is 0 Å². The van der Waals surface area contributed by atoms with Gasteiger partial charge in [-0.25, -0.2) is 0 Å². The molecule has 10 heavy (non-hydrogen) atoms. The topological polar surface area (TPSA) is 29.1 Å². The summed E-state index contributed by atoms with van der Waals surface area (Å²) >= 11 is 0. The van der Waals surface area contributed by atoms with E-state index in [-0.39, 0.29) is 11.3 Å². The average molecular weight is 144 g/mol. The van der Waals surface area contributed by atoms with Crippen molar-refractivity contribution in [1.82, 2.24) is 5.32 Å². The number of carbonyl (C=O) groups is 1. The zero-order valence-corrected chi connectivity index (χ0v) is 7.41. The van der Waals surface area contributed by atoms with Gasteiger partial charge in [-0.15, -0.1) is 0 Å². The highest BCUT2D eigenvalue weighted by atomic mass is 16.1. The van der Waals surface area contributed by atoms with E-state index < -0.39 is 6.02 Å². The lowest BCUT2D eigenvalue weighted by Crippen LogP contribution is -2.40. The Morgan fingerprint density at radius 2 is 2.00 bits per heavy atom. The average Bonchev–Trinajstić information content (AvgIpc) is 1.56. The largest absolute Gasteiger partial charge is 0.353 e. The smallest absolute Gasteiger partial charge is 0.217 e. The first kappa shape index (κ1) is 7.58. The van der Waals surface area contributed by atoms with E-state index in [1.807, 2.05) is 20.8 Å². The molecular formula is C8H17NO. The molecule has 0 aromatic heterocycles. The van der Waals surface area contributed by atoms with E-state index >= 15 is 0 Å². The SMILES string of the molecule is [2H][C@@](C)(NC(C)=O)C(C)(C)C. The van der Waals surface area contributed by atoms with Gasteiger partial charge in [0.25, 0.3) is 0 Å². The molecule has 0 aromatic carbocycles. The minimum Gasteiger partial charge on any atom is -0.353 e. The molecule has 0 rings (SSSR count). The highest BCUT2D eigenvalue weighted by Crippen LogP contribution is 2.17. The van der Waals surface area contributed by atoms with Gasteiger partial charge in [0.2, 0.25) is 5.91 Å². The fourth-order valence-electron chi connectivity index (χ4n) is 0.452. The summed E-state index contributed by atoms with van der Waals surface area (Å²) < 4.78 is 7.78. The zero-order chi connectivity index (χ0) is 9.28. The summed E-state index contributed by atoms with van der Waals surface area (Å²) in [4.78, 5) is 10.7. The van der Waals surface area contributed by atoms with Crippen molar-refractivity contribution in [3.8, 4) is 0 Å². The number of hydrogen-bond donors (Lipinski definition) is 1. The van der Waals surface area contributed by atoms with Crippen LogP contribution in [0.4, 0.5) is 0 Å². The number of rotatable bonds is 1. The highest BCUT2D eigenvalue weighted by Gasteiger charge is 2.19. The van der Waals surface area contributed by atoms with Gasteiger partial charge < -0.3 is 5.32 Å². The first-order chi connectivity index (χ1) is 4.67. The van der Waals surface area contributed by atoms with E-state index in [2.05, 4.69) is 5.32 Å². The van der Waals surface area contributed by atoms with Gasteiger partial charge in [0.1, 0.15) is 0 Å². The first-order valence-corrected chi connectivity index (χ1v) is 3.45. The van der Waals surface area contributed by atoms with Gasteiger partial charge in [0.15, 0.2) is 0 Å². The first-order valence-electron chi connectivity index (χ1n) is 3.95. The molecule has 2 heteroatoms. The Bertz CT molecular complexity index is 158. The Labute approximate surface area is 64.4 Å². The minimum absolute atomic E-state index is 0.155. The predicted octanol–water partition coefficient (Wildman–Crippen LogP) is 1.56. The van der Waals surface area contributed by atoms with E-state index in [4.69, 9.17) is 1.37 Å². The molecule has 0 saturated carbocycles. The molecule has 1 amide bonds. The van der Waals surface area contributed by atoms with Crippen molar-refractivity contribution in [2.45, 2.75) is 40.6 Å². The van der Waals surface area contributed by atoms with Gasteiger partial charge in [0.05, 0.1) is 1.37 Å². The quantitative estimate of drug-likeness (QED) is 0.594. The summed E-state index contributed by atoms with van der Waals surface area (Å²) in [6.45, 7) is 8.91. The van der Waals surface area contributed by atoms with E-state index in [0.717, 1.165) is 0 Å². The summed E-state index contributed by atoms with van der Waals surface area (Å²) in [7, 11) is 0. The van der Waals surface area contributed by atoms with Crippen LogP contribution in [0, 0.1) is 5.41 Å². The van der Waals surface area contributed by atoms with Crippen LogP contribution in [0.2, 0.25) is 0 Å². The van der Waals surface area contributed by atoms with Crippen molar-refractivity contribution < 1.29 is 6.17 Å². The second-order valence-electron chi connectivity index (χ2n) is 3.56. The van der Waals surface area contributed by atoms with Crippen LogP contribution in [-0.4, -0.2) is 11.9 Å². The molecule has 0 radical (unpaired) electrons. The molecule has 0 fully saturated rings. The van der Waals surface area contributed by atoms with Crippen LogP contribution in [-0.2, 0) is 4.79 Å². The molecule has 1 N–H and O–H groups in total. The van der Waals surface area contributed by atoms with Crippen LogP contribution in [0.25, 0.3) is 0 Å². The van der Waals surface area contributed by atoms with Crippen molar-refractivity contribution >= 4 is 5.91 Å². The molecule has 0 aliphatic carbocycles. The number of hydrogen-bond acceptors (Lipinski definition) is 1. The van der Waals surface area contributed by atoms with Crippen LogP contribution in [0.1, 0.15) is 36.0 Å². The second kappa shape index (κ2) is 3.04. The summed E-state index contributed by atoms with van der Waals surface area (Å²) in [5, 5.41) is 2.59. The molecule has 2 nitrogen and oxygen atoms in total. The maximum atomic E-state index is 10.7. The summed E-state index contributed by atoms with van der Waals surface area (Å²) in [6, 6.07) is -0.890. The van der Waals surface area contributed by atoms with Crippen molar-refractivity contribution in [1.29, 1.82) is 0 Å². The molecular weight excluding hydrogens is 126 g/mol. The Hall–Kier alpha value is -0.530. The van der Waals surface area contributed by atoms with Crippen molar-refractivity contribution in [2.24, 2.45) is 5.41 Å². The molecule has 0 heterocycles. The third-order valence-electron chi connectivity index (χ3n) is 1.49. The Balaban J connectivity index is 4.34.